The molecule has 0 aliphatic heterocycles. The Hall–Kier alpha value is -1.68. The van der Waals surface area contributed by atoms with Crippen molar-refractivity contribution < 1.29 is 10.0 Å². The van der Waals surface area contributed by atoms with Gasteiger partial charge in [0.25, 0.3) is 5.91 Å². The molecule has 1 saturated carbocycles. The molecule has 0 radical (unpaired) electrons. The fourth-order valence-corrected chi connectivity index (χ4v) is 2.42. The van der Waals surface area contributed by atoms with E-state index in [2.05, 4.69) is 4.99 Å². The second kappa shape index (κ2) is 7.04. The van der Waals surface area contributed by atoms with E-state index in [4.69, 9.17) is 5.21 Å². The number of aliphatic imine (C=N–C) groups is 1. The Kier molecular flexibility index (Phi) is 5.10. The van der Waals surface area contributed by atoms with Crippen molar-refractivity contribution in [1.29, 1.82) is 0 Å². The number of hydrogen-bond donors (Lipinski definition) is 2. The third-order valence-electron chi connectivity index (χ3n) is 3.45. The predicted octanol–water partition coefficient (Wildman–Crippen LogP) is 2.51. The number of hydroxylamine groups is 1. The van der Waals surface area contributed by atoms with Crippen LogP contribution < -0.4 is 5.48 Å². The van der Waals surface area contributed by atoms with Crippen LogP contribution in [-0.4, -0.2) is 22.9 Å². The average molecular weight is 260 g/mol. The molecule has 102 valence electrons. The number of benzene rings is 1. The van der Waals surface area contributed by atoms with Crippen LogP contribution in [0.15, 0.2) is 35.3 Å². The smallest absolute Gasteiger partial charge is 0.268 e. The molecule has 0 aromatic heterocycles. The zero-order valence-corrected chi connectivity index (χ0v) is 11.0. The van der Waals surface area contributed by atoms with E-state index in [0.29, 0.717) is 6.42 Å². The van der Waals surface area contributed by atoms with Gasteiger partial charge in [-0.1, -0.05) is 36.8 Å². The Bertz CT molecular complexity index is 435. The molecule has 4 nitrogen and oxygen atoms in total. The van der Waals surface area contributed by atoms with Gasteiger partial charge in [0, 0.05) is 12.1 Å². The average Bonchev–Trinajstić information content (AvgIpc) is 2.48. The highest BCUT2D eigenvalue weighted by atomic mass is 16.5. The lowest BCUT2D eigenvalue weighted by molar-refractivity contribution is -0.130. The molecule has 1 aromatic carbocycles. The standard InChI is InChI=1S/C15H20N2O2/c18-15(17-19)14(11-12-7-3-1-4-8-12)16-13-9-5-2-6-10-13/h1,3-4,7-8,14,19H,2,5-6,9-11H2,(H,17,18)/t14-/m0/s1. The van der Waals surface area contributed by atoms with Gasteiger partial charge in [-0.15, -0.1) is 0 Å². The molecular weight excluding hydrogens is 240 g/mol. The maximum atomic E-state index is 11.7. The molecule has 0 saturated heterocycles. The molecular formula is C15H20N2O2. The molecule has 0 heterocycles. The van der Waals surface area contributed by atoms with Crippen LogP contribution in [0.5, 0.6) is 0 Å². The van der Waals surface area contributed by atoms with E-state index in [1.165, 1.54) is 6.42 Å². The first kappa shape index (κ1) is 13.7. The predicted molar refractivity (Wildman–Crippen MR) is 74.4 cm³/mol. The first-order chi connectivity index (χ1) is 9.29. The zero-order chi connectivity index (χ0) is 13.5. The molecule has 1 atom stereocenters. The van der Waals surface area contributed by atoms with Gasteiger partial charge in [0.2, 0.25) is 0 Å². The number of amides is 1. The minimum Gasteiger partial charge on any atom is -0.289 e. The number of rotatable bonds is 4. The highest BCUT2D eigenvalue weighted by molar-refractivity contribution is 5.89. The summed E-state index contributed by atoms with van der Waals surface area (Å²) in [6.07, 6.45) is 6.02. The number of hydrogen-bond acceptors (Lipinski definition) is 3. The van der Waals surface area contributed by atoms with Crippen LogP contribution in [0.25, 0.3) is 0 Å². The Morgan fingerprint density at radius 2 is 1.89 bits per heavy atom. The summed E-state index contributed by atoms with van der Waals surface area (Å²) >= 11 is 0. The normalized spacial score (nSPS) is 16.8. The van der Waals surface area contributed by atoms with E-state index in [1.54, 1.807) is 5.48 Å². The maximum Gasteiger partial charge on any atom is 0.268 e. The monoisotopic (exact) mass is 260 g/mol. The summed E-state index contributed by atoms with van der Waals surface area (Å²) < 4.78 is 0. The molecule has 1 aromatic rings. The zero-order valence-electron chi connectivity index (χ0n) is 11.0. The van der Waals surface area contributed by atoms with E-state index in [-0.39, 0.29) is 0 Å². The molecule has 1 aliphatic carbocycles. The molecule has 0 spiro atoms. The van der Waals surface area contributed by atoms with Gasteiger partial charge >= 0.3 is 0 Å². The van der Waals surface area contributed by atoms with Gasteiger partial charge in [-0.2, -0.15) is 0 Å². The lowest BCUT2D eigenvalue weighted by atomic mass is 9.97. The molecule has 1 aliphatic rings. The van der Waals surface area contributed by atoms with Crippen LogP contribution in [-0.2, 0) is 11.2 Å². The van der Waals surface area contributed by atoms with Crippen LogP contribution in [0.2, 0.25) is 0 Å². The van der Waals surface area contributed by atoms with Crippen LogP contribution >= 0.6 is 0 Å². The lowest BCUT2D eigenvalue weighted by Gasteiger charge is -2.17. The summed E-state index contributed by atoms with van der Waals surface area (Å²) in [6, 6.07) is 9.24. The van der Waals surface area contributed by atoms with E-state index in [1.807, 2.05) is 30.3 Å². The highest BCUT2D eigenvalue weighted by Crippen LogP contribution is 2.17. The molecule has 1 fully saturated rings. The van der Waals surface area contributed by atoms with E-state index in [0.717, 1.165) is 37.0 Å². The summed E-state index contributed by atoms with van der Waals surface area (Å²) in [4.78, 5) is 16.3. The summed E-state index contributed by atoms with van der Waals surface area (Å²) in [5.41, 5.74) is 3.89. The third-order valence-corrected chi connectivity index (χ3v) is 3.45. The number of nitrogens with zero attached hydrogens (tertiary/aromatic N) is 1. The molecule has 19 heavy (non-hydrogen) atoms. The Morgan fingerprint density at radius 3 is 2.53 bits per heavy atom. The molecule has 2 rings (SSSR count). The number of nitrogens with one attached hydrogen (secondary N) is 1. The van der Waals surface area contributed by atoms with Crippen molar-refractivity contribution in [3.63, 3.8) is 0 Å². The third kappa shape index (κ3) is 4.17. The molecule has 2 N–H and O–H groups in total. The Morgan fingerprint density at radius 1 is 1.21 bits per heavy atom. The topological polar surface area (TPSA) is 61.7 Å². The van der Waals surface area contributed by atoms with Gasteiger partial charge < -0.3 is 0 Å². The van der Waals surface area contributed by atoms with Gasteiger partial charge in [-0.3, -0.25) is 15.0 Å². The summed E-state index contributed by atoms with van der Waals surface area (Å²) in [5.74, 6) is -0.429. The summed E-state index contributed by atoms with van der Waals surface area (Å²) in [5, 5.41) is 8.84. The first-order valence-electron chi connectivity index (χ1n) is 6.83. The van der Waals surface area contributed by atoms with E-state index in [9.17, 15) is 4.79 Å². The molecule has 1 amide bonds. The highest BCUT2D eigenvalue weighted by Gasteiger charge is 2.19. The second-order valence-corrected chi connectivity index (χ2v) is 4.94. The van der Waals surface area contributed by atoms with Crippen LogP contribution in [0, 0.1) is 0 Å². The van der Waals surface area contributed by atoms with E-state index < -0.39 is 11.9 Å². The van der Waals surface area contributed by atoms with Crippen molar-refractivity contribution in [2.45, 2.75) is 44.6 Å². The lowest BCUT2D eigenvalue weighted by Crippen LogP contribution is -2.33. The SMILES string of the molecule is O=C(NO)[C@H](Cc1ccccc1)N=C1CCCCC1. The summed E-state index contributed by atoms with van der Waals surface area (Å²) in [7, 11) is 0. The summed E-state index contributed by atoms with van der Waals surface area (Å²) in [6.45, 7) is 0. The van der Waals surface area contributed by atoms with Gasteiger partial charge in [0.15, 0.2) is 0 Å². The van der Waals surface area contributed by atoms with Crippen molar-refractivity contribution in [2.75, 3.05) is 0 Å². The maximum absolute atomic E-state index is 11.7. The van der Waals surface area contributed by atoms with Gasteiger partial charge in [-0.25, -0.2) is 5.48 Å². The fourth-order valence-electron chi connectivity index (χ4n) is 2.42. The van der Waals surface area contributed by atoms with Gasteiger partial charge in [0.1, 0.15) is 6.04 Å². The minimum atomic E-state index is -0.527. The Labute approximate surface area is 113 Å². The van der Waals surface area contributed by atoms with E-state index >= 15 is 0 Å². The first-order valence-corrected chi connectivity index (χ1v) is 6.83. The van der Waals surface area contributed by atoms with Crippen molar-refractivity contribution in [2.24, 2.45) is 4.99 Å². The van der Waals surface area contributed by atoms with Crippen molar-refractivity contribution >= 4 is 11.6 Å². The number of carbonyl (C=O) groups is 1. The fraction of sp³-hybridized carbons (Fsp3) is 0.467. The van der Waals surface area contributed by atoms with Crippen molar-refractivity contribution in [1.82, 2.24) is 5.48 Å². The molecule has 0 unspecified atom stereocenters. The van der Waals surface area contributed by atoms with Gasteiger partial charge in [0.05, 0.1) is 0 Å². The van der Waals surface area contributed by atoms with Crippen LogP contribution in [0.4, 0.5) is 0 Å². The minimum absolute atomic E-state index is 0.429. The Balaban J connectivity index is 2.09. The largest absolute Gasteiger partial charge is 0.289 e. The van der Waals surface area contributed by atoms with Crippen LogP contribution in [0.3, 0.4) is 0 Å². The van der Waals surface area contributed by atoms with Crippen molar-refractivity contribution in [3.05, 3.63) is 35.9 Å². The molecule has 0 bridgehead atoms. The number of carbonyl (C=O) groups excluding carboxylic acids is 1. The second-order valence-electron chi connectivity index (χ2n) is 4.94. The van der Waals surface area contributed by atoms with Crippen molar-refractivity contribution in [3.8, 4) is 0 Å². The van der Waals surface area contributed by atoms with Crippen LogP contribution in [0.1, 0.15) is 37.7 Å². The quantitative estimate of drug-likeness (QED) is 0.645. The molecule has 4 heteroatoms. The van der Waals surface area contributed by atoms with Gasteiger partial charge in [-0.05, 0) is 31.2 Å².